The smallest absolute Gasteiger partial charge is 0.321 e. The van der Waals surface area contributed by atoms with Crippen molar-refractivity contribution in [3.63, 3.8) is 0 Å². The molecule has 0 aliphatic rings. The second kappa shape index (κ2) is 11.6. The van der Waals surface area contributed by atoms with Crippen molar-refractivity contribution >= 4 is 72.6 Å². The third-order valence-corrected chi connectivity index (χ3v) is 8.51. The highest BCUT2D eigenvalue weighted by Gasteiger charge is 2.23. The molecular formula is C29H22ClF2N9O3S. The first-order valence-electron chi connectivity index (χ1n) is 13.1. The van der Waals surface area contributed by atoms with Crippen molar-refractivity contribution in [3.8, 4) is 5.82 Å². The fourth-order valence-corrected chi connectivity index (χ4v) is 6.01. The fourth-order valence-electron chi connectivity index (χ4n) is 4.43. The maximum Gasteiger partial charge on any atom is 0.321 e. The van der Waals surface area contributed by atoms with Crippen LogP contribution in [0.25, 0.3) is 27.9 Å². The number of anilines is 4. The minimum absolute atomic E-state index is 0.0471. The van der Waals surface area contributed by atoms with Crippen molar-refractivity contribution in [1.82, 2.24) is 29.4 Å². The van der Waals surface area contributed by atoms with Gasteiger partial charge >= 0.3 is 6.03 Å². The van der Waals surface area contributed by atoms with Crippen LogP contribution < -0.4 is 15.4 Å². The zero-order valence-corrected chi connectivity index (χ0v) is 25.0. The molecule has 16 heteroatoms. The van der Waals surface area contributed by atoms with Crippen LogP contribution in [0.3, 0.4) is 0 Å². The Labute approximate surface area is 259 Å². The van der Waals surface area contributed by atoms with Crippen LogP contribution in [0.4, 0.5) is 36.5 Å². The molecule has 0 saturated heterocycles. The number of sulfonamides is 1. The number of aromatic nitrogens is 5. The Hall–Kier alpha value is -5.41. The number of urea groups is 1. The van der Waals surface area contributed by atoms with E-state index in [4.69, 9.17) is 11.6 Å². The molecule has 3 N–H and O–H groups in total. The van der Waals surface area contributed by atoms with Crippen LogP contribution >= 0.6 is 11.6 Å². The highest BCUT2D eigenvalue weighted by Crippen LogP contribution is 2.33. The summed E-state index contributed by atoms with van der Waals surface area (Å²) in [5.41, 5.74) is 0.958. The second-order valence-corrected chi connectivity index (χ2v) is 11.9. The summed E-state index contributed by atoms with van der Waals surface area (Å²) in [5, 5.41) is 5.34. The van der Waals surface area contributed by atoms with Gasteiger partial charge in [-0.15, -0.1) is 0 Å². The minimum Gasteiger partial charge on any atom is -0.333 e. The van der Waals surface area contributed by atoms with Gasteiger partial charge in [0.2, 0.25) is 0 Å². The Morgan fingerprint density at radius 3 is 2.49 bits per heavy atom. The molecule has 3 aromatic carbocycles. The first kappa shape index (κ1) is 29.7. The summed E-state index contributed by atoms with van der Waals surface area (Å²) in [6, 6.07) is 15.8. The molecule has 3 heterocycles. The van der Waals surface area contributed by atoms with Gasteiger partial charge in [0.05, 0.1) is 27.4 Å². The SMILES string of the molecule is CN(C)C(=O)Nc1cccc2c1ncn2-c1ccc2ncnc(Nc3c(F)ccc(NS(=O)(=O)c4ccccc4Cl)c3F)c2n1. The number of carbonyl (C=O) groups is 1. The number of imidazole rings is 1. The van der Waals surface area contributed by atoms with E-state index in [9.17, 15) is 17.6 Å². The Bertz CT molecular complexity index is 2230. The Morgan fingerprint density at radius 2 is 1.71 bits per heavy atom. The van der Waals surface area contributed by atoms with Crippen LogP contribution in [0.2, 0.25) is 5.02 Å². The van der Waals surface area contributed by atoms with Gasteiger partial charge in [-0.3, -0.25) is 9.29 Å². The molecule has 45 heavy (non-hydrogen) atoms. The van der Waals surface area contributed by atoms with E-state index in [1.807, 2.05) is 0 Å². The number of halogens is 3. The molecule has 0 spiro atoms. The number of para-hydroxylation sites is 1. The monoisotopic (exact) mass is 649 g/mol. The van der Waals surface area contributed by atoms with Crippen LogP contribution in [-0.2, 0) is 10.0 Å². The number of nitrogens with one attached hydrogen (secondary N) is 3. The van der Waals surface area contributed by atoms with Crippen molar-refractivity contribution in [3.05, 3.63) is 96.0 Å². The van der Waals surface area contributed by atoms with Gasteiger partial charge in [-0.1, -0.05) is 29.8 Å². The lowest BCUT2D eigenvalue weighted by Crippen LogP contribution is -2.27. The van der Waals surface area contributed by atoms with E-state index >= 15 is 4.39 Å². The molecule has 2 amide bonds. The lowest BCUT2D eigenvalue weighted by atomic mass is 10.2. The summed E-state index contributed by atoms with van der Waals surface area (Å²) in [7, 11) is -1.07. The van der Waals surface area contributed by atoms with Gasteiger partial charge in [0.25, 0.3) is 10.0 Å². The number of fused-ring (bicyclic) bond motifs is 2. The zero-order chi connectivity index (χ0) is 31.9. The number of hydrogen-bond acceptors (Lipinski definition) is 8. The molecule has 6 aromatic rings. The molecule has 6 rings (SSSR count). The molecule has 12 nitrogen and oxygen atoms in total. The average Bonchev–Trinajstić information content (AvgIpc) is 3.46. The van der Waals surface area contributed by atoms with E-state index in [2.05, 4.69) is 35.3 Å². The number of benzene rings is 3. The van der Waals surface area contributed by atoms with Crippen LogP contribution in [-0.4, -0.2) is 57.9 Å². The molecule has 228 valence electrons. The van der Waals surface area contributed by atoms with Crippen molar-refractivity contribution < 1.29 is 22.0 Å². The fraction of sp³-hybridized carbons (Fsp3) is 0.0690. The van der Waals surface area contributed by atoms with E-state index in [1.165, 1.54) is 35.8 Å². The highest BCUT2D eigenvalue weighted by atomic mass is 35.5. The molecule has 3 aromatic heterocycles. The summed E-state index contributed by atoms with van der Waals surface area (Å²) >= 11 is 6.02. The third-order valence-electron chi connectivity index (χ3n) is 6.64. The Kier molecular flexibility index (Phi) is 7.64. The third kappa shape index (κ3) is 5.65. The Morgan fingerprint density at radius 1 is 0.911 bits per heavy atom. The summed E-state index contributed by atoms with van der Waals surface area (Å²) in [6.45, 7) is 0. The Balaban J connectivity index is 1.37. The summed E-state index contributed by atoms with van der Waals surface area (Å²) in [5.74, 6) is -1.90. The van der Waals surface area contributed by atoms with Crippen molar-refractivity contribution in [2.75, 3.05) is 29.5 Å². The predicted octanol–water partition coefficient (Wildman–Crippen LogP) is 5.93. The van der Waals surface area contributed by atoms with Gasteiger partial charge in [0, 0.05) is 14.1 Å². The highest BCUT2D eigenvalue weighted by molar-refractivity contribution is 7.92. The van der Waals surface area contributed by atoms with Crippen LogP contribution in [0.5, 0.6) is 0 Å². The normalized spacial score (nSPS) is 11.5. The number of pyridine rings is 1. The number of nitrogens with zero attached hydrogens (tertiary/aromatic N) is 6. The second-order valence-electron chi connectivity index (χ2n) is 9.82. The molecule has 0 aliphatic heterocycles. The van der Waals surface area contributed by atoms with Crippen LogP contribution in [0.1, 0.15) is 0 Å². The largest absolute Gasteiger partial charge is 0.333 e. The number of rotatable bonds is 7. The predicted molar refractivity (Wildman–Crippen MR) is 167 cm³/mol. The van der Waals surface area contributed by atoms with E-state index in [1.54, 1.807) is 55.1 Å². The molecule has 0 saturated carbocycles. The number of carbonyl (C=O) groups excluding carboxylic acids is 1. The quantitative estimate of drug-likeness (QED) is 0.193. The topological polar surface area (TPSA) is 147 Å². The minimum atomic E-state index is -4.31. The van der Waals surface area contributed by atoms with Gasteiger partial charge < -0.3 is 15.5 Å². The molecule has 0 radical (unpaired) electrons. The van der Waals surface area contributed by atoms with Crippen LogP contribution in [0.15, 0.2) is 84.3 Å². The van der Waals surface area contributed by atoms with Crippen LogP contribution in [0, 0.1) is 11.6 Å². The maximum atomic E-state index is 15.6. The molecule has 0 unspecified atom stereocenters. The maximum absolute atomic E-state index is 15.6. The van der Waals surface area contributed by atoms with E-state index < -0.39 is 33.0 Å². The molecule has 0 aliphatic carbocycles. The summed E-state index contributed by atoms with van der Waals surface area (Å²) < 4.78 is 60.2. The molecule has 0 fully saturated rings. The van der Waals surface area contributed by atoms with Gasteiger partial charge in [0.15, 0.2) is 11.6 Å². The van der Waals surface area contributed by atoms with E-state index in [0.29, 0.717) is 28.1 Å². The first-order valence-corrected chi connectivity index (χ1v) is 15.0. The van der Waals surface area contributed by atoms with Gasteiger partial charge in [-0.2, -0.15) is 0 Å². The zero-order valence-electron chi connectivity index (χ0n) is 23.5. The lowest BCUT2D eigenvalue weighted by Gasteiger charge is -2.15. The standard InChI is InChI=1S/C29H22ClF2N9O3S/c1-40(2)29(42)36-20-7-5-8-21-26(20)35-15-41(21)23-13-12-19-27(37-23)28(34-14-33-19)38-25-17(31)10-11-18(24(25)32)39-45(43,44)22-9-4-3-6-16(22)30/h3-15,39H,1-2H3,(H,36,42)(H,33,34,38). The molecule has 0 atom stereocenters. The van der Waals surface area contributed by atoms with E-state index in [-0.39, 0.29) is 27.3 Å². The van der Waals surface area contributed by atoms with Crippen molar-refractivity contribution in [2.24, 2.45) is 0 Å². The van der Waals surface area contributed by atoms with Gasteiger partial charge in [-0.05, 0) is 48.5 Å². The summed E-state index contributed by atoms with van der Waals surface area (Å²) in [6.07, 6.45) is 2.72. The van der Waals surface area contributed by atoms with E-state index in [0.717, 1.165) is 12.1 Å². The van der Waals surface area contributed by atoms with Crippen molar-refractivity contribution in [1.29, 1.82) is 0 Å². The number of hydrogen-bond donors (Lipinski definition) is 3. The average molecular weight is 650 g/mol. The van der Waals surface area contributed by atoms with Crippen molar-refractivity contribution in [2.45, 2.75) is 4.90 Å². The lowest BCUT2D eigenvalue weighted by molar-refractivity contribution is 0.230. The molecule has 0 bridgehead atoms. The first-order chi connectivity index (χ1) is 21.5. The van der Waals surface area contributed by atoms with Gasteiger partial charge in [0.1, 0.15) is 45.9 Å². The summed E-state index contributed by atoms with van der Waals surface area (Å²) in [4.78, 5) is 30.8. The molecular weight excluding hydrogens is 628 g/mol. The van der Waals surface area contributed by atoms with Gasteiger partial charge in [-0.25, -0.2) is 41.9 Å². The number of amides is 2.